The number of hydrogen-bond acceptors (Lipinski definition) is 5. The first-order chi connectivity index (χ1) is 16.6. The number of nitrogens with one attached hydrogen (secondary N) is 2. The predicted octanol–water partition coefficient (Wildman–Crippen LogP) is 5.36. The van der Waals surface area contributed by atoms with E-state index in [1.54, 1.807) is 17.6 Å². The summed E-state index contributed by atoms with van der Waals surface area (Å²) in [5.74, 6) is 0.610. The zero-order chi connectivity index (χ0) is 23.8. The number of carbonyl (C=O) groups is 2. The molecule has 6 nitrogen and oxygen atoms in total. The van der Waals surface area contributed by atoms with Crippen LogP contribution in [0.15, 0.2) is 94.9 Å². The molecule has 0 aliphatic carbocycles. The molecule has 0 saturated carbocycles. The van der Waals surface area contributed by atoms with Gasteiger partial charge in [0.05, 0.1) is 19.4 Å². The van der Waals surface area contributed by atoms with Crippen molar-refractivity contribution in [2.75, 3.05) is 5.32 Å². The molecule has 2 aromatic heterocycles. The second-order valence-corrected chi connectivity index (χ2v) is 8.99. The molecule has 174 valence electrons. The number of hydrogen-bond donors (Lipinski definition) is 2. The van der Waals surface area contributed by atoms with Crippen LogP contribution in [0.2, 0.25) is 0 Å². The van der Waals surface area contributed by atoms with Gasteiger partial charge in [-0.3, -0.25) is 14.9 Å². The fraction of sp³-hybridized carbons (Fsp3) is 0.185. The van der Waals surface area contributed by atoms with Gasteiger partial charge in [0.15, 0.2) is 0 Å². The van der Waals surface area contributed by atoms with Gasteiger partial charge in [-0.25, -0.2) is 0 Å². The Morgan fingerprint density at radius 3 is 2.38 bits per heavy atom. The van der Waals surface area contributed by atoms with Crippen molar-refractivity contribution in [3.63, 3.8) is 0 Å². The van der Waals surface area contributed by atoms with Gasteiger partial charge in [-0.2, -0.15) is 0 Å². The number of benzene rings is 2. The van der Waals surface area contributed by atoms with Crippen molar-refractivity contribution in [1.29, 1.82) is 0 Å². The molecule has 1 atom stereocenters. The highest BCUT2D eigenvalue weighted by Gasteiger charge is 2.27. The first-order valence-electron chi connectivity index (χ1n) is 11.1. The zero-order valence-corrected chi connectivity index (χ0v) is 19.8. The van der Waals surface area contributed by atoms with E-state index in [2.05, 4.69) is 10.6 Å². The zero-order valence-electron chi connectivity index (χ0n) is 18.9. The molecule has 2 N–H and O–H groups in total. The molecule has 34 heavy (non-hydrogen) atoms. The van der Waals surface area contributed by atoms with Crippen LogP contribution in [0.5, 0.6) is 0 Å². The van der Waals surface area contributed by atoms with E-state index < -0.39 is 6.04 Å². The second-order valence-electron chi connectivity index (χ2n) is 7.96. The van der Waals surface area contributed by atoms with Crippen LogP contribution in [0, 0.1) is 0 Å². The number of nitrogens with zero attached hydrogens (tertiary/aromatic N) is 1. The summed E-state index contributed by atoms with van der Waals surface area (Å²) >= 11 is 1.63. The maximum atomic E-state index is 13.9. The number of amides is 2. The molecule has 0 radical (unpaired) electrons. The van der Waals surface area contributed by atoms with E-state index in [9.17, 15) is 9.59 Å². The summed E-state index contributed by atoms with van der Waals surface area (Å²) in [6.07, 6.45) is 1.63. The van der Waals surface area contributed by atoms with Crippen LogP contribution < -0.4 is 10.6 Å². The van der Waals surface area contributed by atoms with E-state index in [1.807, 2.05) is 89.1 Å². The van der Waals surface area contributed by atoms with Gasteiger partial charge in [0.1, 0.15) is 11.8 Å². The fourth-order valence-corrected chi connectivity index (χ4v) is 4.42. The Bertz CT molecular complexity index is 1140. The van der Waals surface area contributed by atoms with E-state index >= 15 is 0 Å². The molecule has 0 aliphatic heterocycles. The highest BCUT2D eigenvalue weighted by Crippen LogP contribution is 2.22. The Balaban J connectivity index is 1.54. The van der Waals surface area contributed by atoms with Crippen LogP contribution in [0.4, 0.5) is 5.69 Å². The Labute approximate surface area is 203 Å². The third kappa shape index (κ3) is 6.43. The number of anilines is 1. The van der Waals surface area contributed by atoms with Crippen molar-refractivity contribution in [2.45, 2.75) is 32.6 Å². The summed E-state index contributed by atoms with van der Waals surface area (Å²) in [6.45, 7) is 2.88. The topological polar surface area (TPSA) is 74.6 Å². The predicted molar refractivity (Wildman–Crippen MR) is 134 cm³/mol. The van der Waals surface area contributed by atoms with Crippen LogP contribution in [-0.4, -0.2) is 16.7 Å². The summed E-state index contributed by atoms with van der Waals surface area (Å²) in [5, 5.41) is 8.23. The Morgan fingerprint density at radius 2 is 1.74 bits per heavy atom. The maximum Gasteiger partial charge on any atom is 0.245 e. The van der Waals surface area contributed by atoms with Gasteiger partial charge in [0.25, 0.3) is 0 Å². The molecule has 0 bridgehead atoms. The summed E-state index contributed by atoms with van der Waals surface area (Å²) in [6, 6.07) is 24.6. The van der Waals surface area contributed by atoms with Crippen molar-refractivity contribution in [1.82, 2.24) is 10.2 Å². The summed E-state index contributed by atoms with van der Waals surface area (Å²) in [7, 11) is 0. The lowest BCUT2D eigenvalue weighted by Gasteiger charge is -2.27. The number of carbonyl (C=O) groups excluding carboxylic acids is 2. The largest absolute Gasteiger partial charge is 0.467 e. The van der Waals surface area contributed by atoms with E-state index in [0.29, 0.717) is 19.6 Å². The fourth-order valence-electron chi connectivity index (χ4n) is 3.70. The summed E-state index contributed by atoms with van der Waals surface area (Å²) < 4.78 is 5.55. The lowest BCUT2D eigenvalue weighted by atomic mass is 10.0. The second kappa shape index (κ2) is 11.4. The standard InChI is InChI=1S/C27H27N3O3S/c1-20(31)29-23-13-11-21(12-14-23)17-28-26(22-7-3-2-4-8-22)27(32)30(18-24-9-5-15-33-24)19-25-10-6-16-34-25/h2-16,26,28H,17-19H2,1H3,(H,29,31)/t26-/m1/s1. The van der Waals surface area contributed by atoms with Crippen molar-refractivity contribution >= 4 is 28.8 Å². The minimum atomic E-state index is -0.522. The average Bonchev–Trinajstić information content (AvgIpc) is 3.55. The first-order valence-corrected chi connectivity index (χ1v) is 11.9. The molecule has 0 aliphatic rings. The van der Waals surface area contributed by atoms with Crippen molar-refractivity contribution in [3.05, 3.63) is 112 Å². The Hall–Kier alpha value is -3.68. The normalized spacial score (nSPS) is 11.7. The molecule has 4 rings (SSSR count). The average molecular weight is 474 g/mol. The summed E-state index contributed by atoms with van der Waals surface area (Å²) in [4.78, 5) is 28.1. The van der Waals surface area contributed by atoms with E-state index in [0.717, 1.165) is 27.5 Å². The molecule has 0 unspecified atom stereocenters. The van der Waals surface area contributed by atoms with Gasteiger partial charge in [-0.15, -0.1) is 11.3 Å². The third-order valence-corrected chi connectivity index (χ3v) is 6.19. The maximum absolute atomic E-state index is 13.9. The summed E-state index contributed by atoms with van der Waals surface area (Å²) in [5.41, 5.74) is 2.66. The van der Waals surface area contributed by atoms with Crippen molar-refractivity contribution in [2.24, 2.45) is 0 Å². The van der Waals surface area contributed by atoms with Crippen LogP contribution in [0.3, 0.4) is 0 Å². The quantitative estimate of drug-likeness (QED) is 0.325. The number of rotatable bonds is 10. The monoisotopic (exact) mass is 473 g/mol. The Morgan fingerprint density at radius 1 is 0.941 bits per heavy atom. The van der Waals surface area contributed by atoms with Gasteiger partial charge in [0.2, 0.25) is 11.8 Å². The van der Waals surface area contributed by atoms with Gasteiger partial charge in [0, 0.05) is 24.0 Å². The number of thiophene rings is 1. The van der Waals surface area contributed by atoms with Gasteiger partial charge >= 0.3 is 0 Å². The van der Waals surface area contributed by atoms with Gasteiger partial charge < -0.3 is 14.6 Å². The van der Waals surface area contributed by atoms with E-state index in [4.69, 9.17) is 4.42 Å². The molecular weight excluding hydrogens is 446 g/mol. The lowest BCUT2D eigenvalue weighted by Crippen LogP contribution is -2.40. The minimum Gasteiger partial charge on any atom is -0.467 e. The number of furan rings is 1. The molecule has 2 heterocycles. The molecule has 0 fully saturated rings. The van der Waals surface area contributed by atoms with Gasteiger partial charge in [-0.1, -0.05) is 48.5 Å². The van der Waals surface area contributed by atoms with Crippen molar-refractivity contribution in [3.8, 4) is 0 Å². The molecule has 0 saturated heterocycles. The minimum absolute atomic E-state index is 0.0223. The lowest BCUT2D eigenvalue weighted by molar-refractivity contribution is -0.135. The first kappa shape index (κ1) is 23.5. The molecule has 0 spiro atoms. The Kier molecular flexibility index (Phi) is 7.91. The molecular formula is C27H27N3O3S. The van der Waals surface area contributed by atoms with Gasteiger partial charge in [-0.05, 0) is 46.8 Å². The van der Waals surface area contributed by atoms with Crippen LogP contribution in [-0.2, 0) is 29.2 Å². The molecule has 7 heteroatoms. The third-order valence-electron chi connectivity index (χ3n) is 5.33. The smallest absolute Gasteiger partial charge is 0.245 e. The molecule has 2 amide bonds. The van der Waals surface area contributed by atoms with E-state index in [-0.39, 0.29) is 11.8 Å². The SMILES string of the molecule is CC(=O)Nc1ccc(CN[C@@H](C(=O)N(Cc2ccco2)Cc2cccs2)c2ccccc2)cc1. The highest BCUT2D eigenvalue weighted by molar-refractivity contribution is 7.09. The van der Waals surface area contributed by atoms with Crippen LogP contribution in [0.1, 0.15) is 34.7 Å². The van der Waals surface area contributed by atoms with Crippen LogP contribution >= 0.6 is 11.3 Å². The molecule has 4 aromatic rings. The van der Waals surface area contributed by atoms with Crippen LogP contribution in [0.25, 0.3) is 0 Å². The van der Waals surface area contributed by atoms with E-state index in [1.165, 1.54) is 6.92 Å². The highest BCUT2D eigenvalue weighted by atomic mass is 32.1. The molecule has 2 aromatic carbocycles. The van der Waals surface area contributed by atoms with Crippen molar-refractivity contribution < 1.29 is 14.0 Å².